The van der Waals surface area contributed by atoms with Gasteiger partial charge in [-0.1, -0.05) is 23.7 Å². The van der Waals surface area contributed by atoms with Crippen molar-refractivity contribution in [2.75, 3.05) is 17.2 Å². The molecule has 4 heteroatoms. The highest BCUT2D eigenvalue weighted by atomic mass is 35.5. The number of carbonyl (C=O) groups excluding carboxylic acids is 1. The van der Waals surface area contributed by atoms with Crippen LogP contribution in [0.1, 0.15) is 27.9 Å². The zero-order valence-corrected chi connectivity index (χ0v) is 12.7. The van der Waals surface area contributed by atoms with Crippen LogP contribution in [-0.2, 0) is 6.42 Å². The molecule has 1 aliphatic rings. The van der Waals surface area contributed by atoms with Crippen molar-refractivity contribution in [2.45, 2.75) is 19.8 Å². The predicted octanol–water partition coefficient (Wildman–Crippen LogP) is 3.82. The molecule has 0 spiro atoms. The minimum atomic E-state index is -0.0246. The van der Waals surface area contributed by atoms with Crippen LogP contribution >= 0.6 is 11.6 Å². The van der Waals surface area contributed by atoms with Crippen LogP contribution in [0.15, 0.2) is 36.4 Å². The summed E-state index contributed by atoms with van der Waals surface area (Å²) >= 11 is 6.13. The van der Waals surface area contributed by atoms with E-state index in [2.05, 4.69) is 0 Å². The van der Waals surface area contributed by atoms with Crippen LogP contribution < -0.4 is 10.6 Å². The number of fused-ring (bicyclic) bond motifs is 1. The van der Waals surface area contributed by atoms with Crippen molar-refractivity contribution in [3.8, 4) is 0 Å². The highest BCUT2D eigenvalue weighted by Crippen LogP contribution is 2.30. The molecule has 0 saturated carbocycles. The Bertz CT molecular complexity index is 712. The third-order valence-corrected chi connectivity index (χ3v) is 4.30. The van der Waals surface area contributed by atoms with Gasteiger partial charge in [0.2, 0.25) is 0 Å². The van der Waals surface area contributed by atoms with E-state index in [1.165, 1.54) is 5.56 Å². The second kappa shape index (κ2) is 5.41. The van der Waals surface area contributed by atoms with Crippen LogP contribution in [0, 0.1) is 6.92 Å². The van der Waals surface area contributed by atoms with Gasteiger partial charge in [-0.2, -0.15) is 0 Å². The Morgan fingerprint density at radius 2 is 2.05 bits per heavy atom. The van der Waals surface area contributed by atoms with Crippen molar-refractivity contribution in [1.82, 2.24) is 0 Å². The van der Waals surface area contributed by atoms with E-state index in [1.54, 1.807) is 11.0 Å². The summed E-state index contributed by atoms with van der Waals surface area (Å²) in [4.78, 5) is 14.6. The second-order valence-electron chi connectivity index (χ2n) is 5.41. The van der Waals surface area contributed by atoms with Gasteiger partial charge < -0.3 is 10.6 Å². The number of benzene rings is 2. The van der Waals surface area contributed by atoms with E-state index in [0.29, 0.717) is 22.8 Å². The maximum Gasteiger partial charge on any atom is 0.258 e. The summed E-state index contributed by atoms with van der Waals surface area (Å²) in [6.45, 7) is 2.63. The molecule has 0 unspecified atom stereocenters. The van der Waals surface area contributed by atoms with Crippen LogP contribution in [0.25, 0.3) is 0 Å². The van der Waals surface area contributed by atoms with Gasteiger partial charge in [0.1, 0.15) is 0 Å². The first-order valence-corrected chi connectivity index (χ1v) is 7.40. The molecule has 0 fully saturated rings. The Hall–Kier alpha value is -2.00. The fourth-order valence-corrected chi connectivity index (χ4v) is 2.86. The second-order valence-corrected chi connectivity index (χ2v) is 5.82. The molecule has 2 N–H and O–H groups in total. The van der Waals surface area contributed by atoms with Gasteiger partial charge in [-0.25, -0.2) is 0 Å². The lowest BCUT2D eigenvalue weighted by Gasteiger charge is -2.30. The summed E-state index contributed by atoms with van der Waals surface area (Å²) < 4.78 is 0. The molecule has 108 valence electrons. The molecule has 0 atom stereocenters. The first-order valence-electron chi connectivity index (χ1n) is 7.02. The van der Waals surface area contributed by atoms with E-state index in [-0.39, 0.29) is 5.91 Å². The number of anilines is 2. The number of hydrogen-bond acceptors (Lipinski definition) is 2. The number of nitrogens with zero attached hydrogens (tertiary/aromatic N) is 1. The minimum Gasteiger partial charge on any atom is -0.399 e. The van der Waals surface area contributed by atoms with E-state index in [9.17, 15) is 4.79 Å². The van der Waals surface area contributed by atoms with Crippen molar-refractivity contribution in [3.63, 3.8) is 0 Å². The van der Waals surface area contributed by atoms with Crippen molar-refractivity contribution >= 4 is 28.9 Å². The van der Waals surface area contributed by atoms with E-state index in [1.807, 2.05) is 37.3 Å². The van der Waals surface area contributed by atoms with E-state index >= 15 is 0 Å². The van der Waals surface area contributed by atoms with Gasteiger partial charge in [-0.05, 0) is 55.2 Å². The van der Waals surface area contributed by atoms with Crippen molar-refractivity contribution in [3.05, 3.63) is 58.1 Å². The van der Waals surface area contributed by atoms with Gasteiger partial charge in [0, 0.05) is 28.5 Å². The van der Waals surface area contributed by atoms with Gasteiger partial charge in [-0.15, -0.1) is 0 Å². The summed E-state index contributed by atoms with van der Waals surface area (Å²) in [6, 6.07) is 11.2. The van der Waals surface area contributed by atoms with Gasteiger partial charge in [-0.3, -0.25) is 4.79 Å². The first-order chi connectivity index (χ1) is 10.1. The lowest BCUT2D eigenvalue weighted by atomic mass is 10.00. The fraction of sp³-hybridized carbons (Fsp3) is 0.235. The Kier molecular flexibility index (Phi) is 3.60. The monoisotopic (exact) mass is 300 g/mol. The fourth-order valence-electron chi connectivity index (χ4n) is 2.68. The average Bonchev–Trinajstić information content (AvgIpc) is 2.48. The van der Waals surface area contributed by atoms with Crippen LogP contribution in [0.2, 0.25) is 5.02 Å². The normalized spacial score (nSPS) is 13.9. The third kappa shape index (κ3) is 2.61. The van der Waals surface area contributed by atoms with Crippen LogP contribution in [0.3, 0.4) is 0 Å². The molecule has 2 aromatic carbocycles. The molecule has 0 radical (unpaired) electrons. The Morgan fingerprint density at radius 1 is 1.24 bits per heavy atom. The molecule has 0 bridgehead atoms. The Morgan fingerprint density at radius 3 is 2.81 bits per heavy atom. The van der Waals surface area contributed by atoms with E-state index < -0.39 is 0 Å². The number of nitrogens with two attached hydrogens (primary N) is 1. The molecule has 3 nitrogen and oxygen atoms in total. The minimum absolute atomic E-state index is 0.0246. The highest BCUT2D eigenvalue weighted by Gasteiger charge is 2.24. The zero-order chi connectivity index (χ0) is 15.0. The summed E-state index contributed by atoms with van der Waals surface area (Å²) in [5.41, 5.74) is 10.2. The number of halogens is 1. The molecular formula is C17H17ClN2O. The molecule has 1 heterocycles. The van der Waals surface area contributed by atoms with Crippen molar-refractivity contribution < 1.29 is 4.79 Å². The zero-order valence-electron chi connectivity index (χ0n) is 11.9. The number of rotatable bonds is 1. The maximum atomic E-state index is 12.8. The number of nitrogen functional groups attached to an aromatic ring is 1. The number of carbonyl (C=O) groups is 1. The van der Waals surface area contributed by atoms with E-state index in [0.717, 1.165) is 24.1 Å². The molecule has 1 amide bonds. The largest absolute Gasteiger partial charge is 0.399 e. The van der Waals surface area contributed by atoms with Crippen LogP contribution in [0.5, 0.6) is 0 Å². The topological polar surface area (TPSA) is 46.3 Å². The number of hydrogen-bond donors (Lipinski definition) is 1. The third-order valence-electron chi connectivity index (χ3n) is 3.89. The van der Waals surface area contributed by atoms with Gasteiger partial charge in [0.05, 0.1) is 0 Å². The first kappa shape index (κ1) is 14.0. The summed E-state index contributed by atoms with van der Waals surface area (Å²) in [6.07, 6.45) is 1.94. The molecule has 21 heavy (non-hydrogen) atoms. The van der Waals surface area contributed by atoms with Gasteiger partial charge >= 0.3 is 0 Å². The average molecular weight is 301 g/mol. The molecule has 1 aliphatic heterocycles. The summed E-state index contributed by atoms with van der Waals surface area (Å²) in [5.74, 6) is -0.0246. The SMILES string of the molecule is Cc1ccc(C(=O)N2CCCc3ccc(N)cc32)cc1Cl. The quantitative estimate of drug-likeness (QED) is 0.814. The Labute approximate surface area is 129 Å². The molecular weight excluding hydrogens is 284 g/mol. The smallest absolute Gasteiger partial charge is 0.258 e. The highest BCUT2D eigenvalue weighted by molar-refractivity contribution is 6.31. The Balaban J connectivity index is 1.99. The lowest BCUT2D eigenvalue weighted by Crippen LogP contribution is -2.35. The summed E-state index contributed by atoms with van der Waals surface area (Å²) in [5, 5.41) is 0.616. The molecule has 3 rings (SSSR count). The lowest BCUT2D eigenvalue weighted by molar-refractivity contribution is 0.0985. The van der Waals surface area contributed by atoms with Crippen LogP contribution in [0.4, 0.5) is 11.4 Å². The molecule has 0 aromatic heterocycles. The van der Waals surface area contributed by atoms with Crippen molar-refractivity contribution in [2.24, 2.45) is 0 Å². The number of aryl methyl sites for hydroxylation is 2. The maximum absolute atomic E-state index is 12.8. The molecule has 2 aromatic rings. The standard InChI is InChI=1S/C17H17ClN2O/c1-11-4-5-13(9-15(11)18)17(21)20-8-2-3-12-6-7-14(19)10-16(12)20/h4-7,9-10H,2-3,8,19H2,1H3. The predicted molar refractivity (Wildman–Crippen MR) is 87.0 cm³/mol. The molecule has 0 aliphatic carbocycles. The summed E-state index contributed by atoms with van der Waals surface area (Å²) in [7, 11) is 0. The van der Waals surface area contributed by atoms with Crippen LogP contribution in [-0.4, -0.2) is 12.5 Å². The van der Waals surface area contributed by atoms with Gasteiger partial charge in [0.15, 0.2) is 0 Å². The van der Waals surface area contributed by atoms with Gasteiger partial charge in [0.25, 0.3) is 5.91 Å². The van der Waals surface area contributed by atoms with Crippen molar-refractivity contribution in [1.29, 1.82) is 0 Å². The van der Waals surface area contributed by atoms with E-state index in [4.69, 9.17) is 17.3 Å². The number of amides is 1. The molecule has 0 saturated heterocycles.